The second-order valence-corrected chi connectivity index (χ2v) is 8.17. The van der Waals surface area contributed by atoms with Crippen molar-refractivity contribution in [2.75, 3.05) is 5.32 Å². The number of anilines is 1. The van der Waals surface area contributed by atoms with E-state index in [2.05, 4.69) is 16.5 Å². The Morgan fingerprint density at radius 3 is 2.69 bits per heavy atom. The summed E-state index contributed by atoms with van der Waals surface area (Å²) in [4.78, 5) is 26.5. The minimum Gasteiger partial charge on any atom is -0.324 e. The van der Waals surface area contributed by atoms with Gasteiger partial charge in [-0.05, 0) is 60.0 Å². The second kappa shape index (κ2) is 7.29. The van der Waals surface area contributed by atoms with E-state index in [1.807, 2.05) is 47.8 Å². The van der Waals surface area contributed by atoms with Crippen LogP contribution in [0.5, 0.6) is 0 Å². The average Bonchev–Trinajstić information content (AvgIpc) is 3.41. The molecule has 0 bridgehead atoms. The number of nitrogens with one attached hydrogen (secondary N) is 1. The quantitative estimate of drug-likeness (QED) is 0.556. The number of aryl methyl sites for hydroxylation is 2. The molecule has 0 saturated carbocycles. The molecule has 5 nitrogen and oxygen atoms in total. The summed E-state index contributed by atoms with van der Waals surface area (Å²) in [5.41, 5.74) is 3.88. The Hall–Kier alpha value is -3.25. The van der Waals surface area contributed by atoms with Gasteiger partial charge in [0.15, 0.2) is 0 Å². The highest BCUT2D eigenvalue weighted by Crippen LogP contribution is 2.28. The van der Waals surface area contributed by atoms with Gasteiger partial charge < -0.3 is 5.32 Å². The monoisotopic (exact) mass is 401 g/mol. The van der Waals surface area contributed by atoms with Crippen molar-refractivity contribution in [3.63, 3.8) is 0 Å². The Morgan fingerprint density at radius 1 is 1.03 bits per heavy atom. The maximum atomic E-state index is 12.9. The van der Waals surface area contributed by atoms with Crippen LogP contribution in [0.1, 0.15) is 17.5 Å². The van der Waals surface area contributed by atoms with Crippen molar-refractivity contribution >= 4 is 33.7 Å². The van der Waals surface area contributed by atoms with E-state index < -0.39 is 0 Å². The summed E-state index contributed by atoms with van der Waals surface area (Å²) in [6.45, 7) is -0.126. The lowest BCUT2D eigenvalue weighted by atomic mass is 10.1. The van der Waals surface area contributed by atoms with E-state index in [0.717, 1.165) is 40.9 Å². The number of carbonyl (C=O) groups excluding carboxylic acids is 1. The van der Waals surface area contributed by atoms with Crippen molar-refractivity contribution in [3.05, 3.63) is 81.5 Å². The molecule has 6 heteroatoms. The van der Waals surface area contributed by atoms with Gasteiger partial charge in [0.1, 0.15) is 12.2 Å². The molecule has 4 aromatic rings. The van der Waals surface area contributed by atoms with Gasteiger partial charge in [0, 0.05) is 11.1 Å². The summed E-state index contributed by atoms with van der Waals surface area (Å²) >= 11 is 1.56. The largest absolute Gasteiger partial charge is 0.324 e. The predicted octanol–water partition coefficient (Wildman–Crippen LogP) is 4.25. The van der Waals surface area contributed by atoms with Crippen LogP contribution in [0, 0.1) is 0 Å². The van der Waals surface area contributed by atoms with Crippen LogP contribution in [0.4, 0.5) is 5.69 Å². The van der Waals surface area contributed by atoms with Crippen LogP contribution in [0.15, 0.2) is 64.8 Å². The van der Waals surface area contributed by atoms with E-state index in [0.29, 0.717) is 5.39 Å². The van der Waals surface area contributed by atoms with Crippen molar-refractivity contribution < 1.29 is 4.79 Å². The van der Waals surface area contributed by atoms with Gasteiger partial charge >= 0.3 is 0 Å². The van der Waals surface area contributed by atoms with Crippen LogP contribution in [0.25, 0.3) is 21.3 Å². The molecule has 0 atom stereocenters. The molecule has 0 fully saturated rings. The highest BCUT2D eigenvalue weighted by Gasteiger charge is 2.16. The molecule has 1 amide bonds. The summed E-state index contributed by atoms with van der Waals surface area (Å²) in [5, 5.41) is 10.8. The zero-order chi connectivity index (χ0) is 19.8. The number of benzene rings is 2. The third-order valence-corrected chi connectivity index (χ3v) is 6.17. The van der Waals surface area contributed by atoms with Crippen molar-refractivity contribution in [2.24, 2.45) is 0 Å². The molecule has 29 heavy (non-hydrogen) atoms. The third-order valence-electron chi connectivity index (χ3n) is 5.30. The number of hydrogen-bond donors (Lipinski definition) is 1. The van der Waals surface area contributed by atoms with Crippen LogP contribution < -0.4 is 10.9 Å². The average molecular weight is 401 g/mol. The minimum atomic E-state index is -0.259. The van der Waals surface area contributed by atoms with Crippen LogP contribution in [0.2, 0.25) is 0 Å². The highest BCUT2D eigenvalue weighted by molar-refractivity contribution is 7.13. The fraction of sp³-hybridized carbons (Fsp3) is 0.174. The Morgan fingerprint density at radius 2 is 1.86 bits per heavy atom. The molecule has 1 N–H and O–H groups in total. The number of nitrogens with zero attached hydrogens (tertiary/aromatic N) is 2. The van der Waals surface area contributed by atoms with E-state index >= 15 is 0 Å². The molecule has 5 rings (SSSR count). The van der Waals surface area contributed by atoms with E-state index in [-0.39, 0.29) is 18.0 Å². The van der Waals surface area contributed by atoms with Crippen LogP contribution >= 0.6 is 11.3 Å². The van der Waals surface area contributed by atoms with Gasteiger partial charge in [-0.3, -0.25) is 9.59 Å². The fourth-order valence-corrected chi connectivity index (χ4v) is 4.65. The molecule has 144 valence electrons. The first-order valence-corrected chi connectivity index (χ1v) is 10.5. The van der Waals surface area contributed by atoms with E-state index in [9.17, 15) is 9.59 Å². The Bertz CT molecular complexity index is 1280. The Balaban J connectivity index is 1.48. The van der Waals surface area contributed by atoms with Crippen LogP contribution in [0.3, 0.4) is 0 Å². The lowest BCUT2D eigenvalue weighted by Gasteiger charge is -2.11. The van der Waals surface area contributed by atoms with Crippen LogP contribution in [-0.4, -0.2) is 15.7 Å². The molecule has 2 aromatic heterocycles. The minimum absolute atomic E-state index is 0.126. The molecule has 2 aromatic carbocycles. The predicted molar refractivity (Wildman–Crippen MR) is 116 cm³/mol. The van der Waals surface area contributed by atoms with Gasteiger partial charge in [-0.2, -0.15) is 5.10 Å². The zero-order valence-electron chi connectivity index (χ0n) is 15.7. The van der Waals surface area contributed by atoms with E-state index in [1.54, 1.807) is 17.4 Å². The number of hydrogen-bond acceptors (Lipinski definition) is 4. The summed E-state index contributed by atoms with van der Waals surface area (Å²) in [7, 11) is 0. The maximum absolute atomic E-state index is 12.9. The zero-order valence-corrected chi connectivity index (χ0v) is 16.5. The van der Waals surface area contributed by atoms with Gasteiger partial charge in [-0.25, -0.2) is 4.68 Å². The molecule has 0 aliphatic heterocycles. The van der Waals surface area contributed by atoms with Gasteiger partial charge in [-0.1, -0.05) is 30.3 Å². The smallest absolute Gasteiger partial charge is 0.275 e. The number of amides is 1. The van der Waals surface area contributed by atoms with E-state index in [4.69, 9.17) is 0 Å². The fourth-order valence-electron chi connectivity index (χ4n) is 3.92. The second-order valence-electron chi connectivity index (χ2n) is 7.22. The Kier molecular flexibility index (Phi) is 4.48. The lowest BCUT2D eigenvalue weighted by molar-refractivity contribution is -0.117. The first-order valence-electron chi connectivity index (χ1n) is 9.64. The summed E-state index contributed by atoms with van der Waals surface area (Å²) < 4.78 is 1.26. The molecule has 0 saturated heterocycles. The van der Waals surface area contributed by atoms with Gasteiger partial charge in [0.2, 0.25) is 5.91 Å². The van der Waals surface area contributed by atoms with Gasteiger partial charge in [0.25, 0.3) is 5.56 Å². The molecule has 1 aliphatic carbocycles. The molecule has 2 heterocycles. The summed E-state index contributed by atoms with van der Waals surface area (Å²) in [6, 6.07) is 17.4. The SMILES string of the molecule is O=C(Cn1nc(-c2cccs2)c2ccccc2c1=O)Nc1ccc2c(c1)CCC2. The lowest BCUT2D eigenvalue weighted by Crippen LogP contribution is -2.30. The standard InChI is InChI=1S/C23H19N3O2S/c27-21(24-17-11-10-15-5-3-6-16(15)13-17)14-26-23(28)19-8-2-1-7-18(19)22(25-26)20-9-4-12-29-20/h1-2,4,7-13H,3,5-6,14H2,(H,24,27). The molecule has 0 unspecified atom stereocenters. The normalized spacial score (nSPS) is 12.8. The van der Waals surface area contributed by atoms with Crippen molar-refractivity contribution in [1.82, 2.24) is 9.78 Å². The maximum Gasteiger partial charge on any atom is 0.275 e. The summed E-state index contributed by atoms with van der Waals surface area (Å²) in [5.74, 6) is -0.259. The van der Waals surface area contributed by atoms with Crippen molar-refractivity contribution in [1.29, 1.82) is 0 Å². The first-order chi connectivity index (χ1) is 14.2. The van der Waals surface area contributed by atoms with Gasteiger partial charge in [-0.15, -0.1) is 11.3 Å². The van der Waals surface area contributed by atoms with Crippen molar-refractivity contribution in [3.8, 4) is 10.6 Å². The number of carbonyl (C=O) groups is 1. The Labute approximate surface area is 171 Å². The number of rotatable bonds is 4. The van der Waals surface area contributed by atoms with Crippen LogP contribution in [-0.2, 0) is 24.2 Å². The molecule has 1 aliphatic rings. The molecule has 0 radical (unpaired) electrons. The van der Waals surface area contributed by atoms with Crippen molar-refractivity contribution in [2.45, 2.75) is 25.8 Å². The third kappa shape index (κ3) is 3.36. The van der Waals surface area contributed by atoms with E-state index in [1.165, 1.54) is 15.8 Å². The molecular weight excluding hydrogens is 382 g/mol. The number of fused-ring (bicyclic) bond motifs is 2. The topological polar surface area (TPSA) is 64.0 Å². The first kappa shape index (κ1) is 17.8. The molecular formula is C23H19N3O2S. The number of aromatic nitrogens is 2. The molecule has 0 spiro atoms. The van der Waals surface area contributed by atoms with Gasteiger partial charge in [0.05, 0.1) is 10.3 Å². The highest BCUT2D eigenvalue weighted by atomic mass is 32.1. The summed E-state index contributed by atoms with van der Waals surface area (Å²) in [6.07, 6.45) is 3.31. The number of thiophene rings is 1.